The maximum atomic E-state index is 12.7. The zero-order chi connectivity index (χ0) is 18.9. The van der Waals surface area contributed by atoms with Crippen LogP contribution in [0.25, 0.3) is 0 Å². The quantitative estimate of drug-likeness (QED) is 0.623. The van der Waals surface area contributed by atoms with Crippen molar-refractivity contribution in [1.29, 1.82) is 0 Å². The highest BCUT2D eigenvalue weighted by Crippen LogP contribution is 2.41. The minimum atomic E-state index is -4.38. The molecule has 3 rings (SSSR count). The number of carbonyl (C=O) groups is 1. The van der Waals surface area contributed by atoms with Crippen molar-refractivity contribution in [3.63, 3.8) is 0 Å². The van der Waals surface area contributed by atoms with Crippen LogP contribution in [0.5, 0.6) is 0 Å². The molecule has 0 N–H and O–H groups in total. The zero-order valence-electron chi connectivity index (χ0n) is 13.4. The van der Waals surface area contributed by atoms with Gasteiger partial charge < -0.3 is 4.90 Å². The van der Waals surface area contributed by atoms with Crippen LogP contribution < -0.4 is 0 Å². The molecule has 1 unspecified atom stereocenters. The molecule has 8 heteroatoms. The van der Waals surface area contributed by atoms with Crippen LogP contribution in [-0.2, 0) is 17.4 Å². The molecule has 138 valence electrons. The average Bonchev–Trinajstić information content (AvgIpc) is 3.04. The number of benzene rings is 2. The fourth-order valence-corrected chi connectivity index (χ4v) is 4.66. The van der Waals surface area contributed by atoms with Crippen LogP contribution in [0.3, 0.4) is 0 Å². The van der Waals surface area contributed by atoms with Gasteiger partial charge in [-0.3, -0.25) is 4.79 Å². The summed E-state index contributed by atoms with van der Waals surface area (Å²) in [6, 6.07) is 9.83. The first-order valence-electron chi connectivity index (χ1n) is 7.78. The lowest BCUT2D eigenvalue weighted by Gasteiger charge is -2.25. The zero-order valence-corrected chi connectivity index (χ0v) is 15.7. The third kappa shape index (κ3) is 4.30. The van der Waals surface area contributed by atoms with Gasteiger partial charge in [0, 0.05) is 27.9 Å². The number of halogens is 5. The Bertz CT molecular complexity index is 811. The molecule has 0 bridgehead atoms. The van der Waals surface area contributed by atoms with Gasteiger partial charge in [0.1, 0.15) is 5.37 Å². The predicted molar refractivity (Wildman–Crippen MR) is 98.5 cm³/mol. The molecule has 1 aliphatic heterocycles. The monoisotopic (exact) mass is 419 g/mol. The lowest BCUT2D eigenvalue weighted by atomic mass is 10.1. The lowest BCUT2D eigenvalue weighted by molar-refractivity contribution is -0.137. The third-order valence-electron chi connectivity index (χ3n) is 4.08. The topological polar surface area (TPSA) is 20.3 Å². The fraction of sp³-hybridized carbons (Fsp3) is 0.278. The molecule has 1 fully saturated rings. The van der Waals surface area contributed by atoms with Crippen LogP contribution in [0.4, 0.5) is 13.2 Å². The summed E-state index contributed by atoms with van der Waals surface area (Å²) in [7, 11) is 0. The van der Waals surface area contributed by atoms with E-state index in [2.05, 4.69) is 0 Å². The standard InChI is InChI=1S/C18H14Cl2F3NOS/c19-13-5-6-14(15(20)10-13)17-24(7-8-26-17)16(25)9-11-1-3-12(4-2-11)18(21,22)23/h1-6,10,17H,7-9H2. The van der Waals surface area contributed by atoms with Gasteiger partial charge in [0.2, 0.25) is 5.91 Å². The number of thioether (sulfide) groups is 1. The van der Waals surface area contributed by atoms with Gasteiger partial charge in [0.25, 0.3) is 0 Å². The maximum absolute atomic E-state index is 12.7. The number of hydrogen-bond donors (Lipinski definition) is 0. The fourth-order valence-electron chi connectivity index (χ4n) is 2.77. The molecular formula is C18H14Cl2F3NOS. The Labute approximate surface area is 163 Å². The van der Waals surface area contributed by atoms with Crippen LogP contribution in [-0.4, -0.2) is 23.1 Å². The summed E-state index contributed by atoms with van der Waals surface area (Å²) in [6.07, 6.45) is -4.34. The molecule has 0 spiro atoms. The van der Waals surface area contributed by atoms with E-state index in [9.17, 15) is 18.0 Å². The summed E-state index contributed by atoms with van der Waals surface area (Å²) in [5.74, 6) is 0.619. The van der Waals surface area contributed by atoms with Crippen LogP contribution in [0.15, 0.2) is 42.5 Å². The van der Waals surface area contributed by atoms with Crippen molar-refractivity contribution in [3.8, 4) is 0 Å². The van der Waals surface area contributed by atoms with E-state index in [1.54, 1.807) is 34.9 Å². The molecule has 0 radical (unpaired) electrons. The largest absolute Gasteiger partial charge is 0.416 e. The SMILES string of the molecule is O=C(Cc1ccc(C(F)(F)F)cc1)N1CCSC1c1ccc(Cl)cc1Cl. The second-order valence-corrected chi connectivity index (χ2v) is 7.88. The Morgan fingerprint density at radius 3 is 2.46 bits per heavy atom. The Kier molecular flexibility index (Phi) is 5.75. The van der Waals surface area contributed by atoms with Crippen molar-refractivity contribution in [2.45, 2.75) is 18.0 Å². The number of rotatable bonds is 3. The Hall–Kier alpha value is -1.37. The highest BCUT2D eigenvalue weighted by molar-refractivity contribution is 7.99. The molecule has 1 heterocycles. The van der Waals surface area contributed by atoms with Crippen molar-refractivity contribution in [2.24, 2.45) is 0 Å². The van der Waals surface area contributed by atoms with E-state index in [0.29, 0.717) is 22.2 Å². The molecule has 0 saturated carbocycles. The van der Waals surface area contributed by atoms with Crippen molar-refractivity contribution in [2.75, 3.05) is 12.3 Å². The van der Waals surface area contributed by atoms with E-state index in [4.69, 9.17) is 23.2 Å². The normalized spacial score (nSPS) is 17.6. The molecule has 1 saturated heterocycles. The molecule has 1 amide bonds. The van der Waals surface area contributed by atoms with Gasteiger partial charge in [-0.05, 0) is 29.8 Å². The minimum Gasteiger partial charge on any atom is -0.325 e. The van der Waals surface area contributed by atoms with Gasteiger partial charge in [0.05, 0.1) is 12.0 Å². The number of nitrogens with zero attached hydrogens (tertiary/aromatic N) is 1. The van der Waals surface area contributed by atoms with Gasteiger partial charge >= 0.3 is 6.18 Å². The van der Waals surface area contributed by atoms with E-state index in [0.717, 1.165) is 23.4 Å². The van der Waals surface area contributed by atoms with E-state index in [1.165, 1.54) is 12.1 Å². The van der Waals surface area contributed by atoms with E-state index >= 15 is 0 Å². The smallest absolute Gasteiger partial charge is 0.325 e. The molecule has 2 aromatic carbocycles. The Balaban J connectivity index is 1.74. The summed E-state index contributed by atoms with van der Waals surface area (Å²) in [4.78, 5) is 14.4. The van der Waals surface area contributed by atoms with Crippen molar-refractivity contribution in [1.82, 2.24) is 4.90 Å². The number of alkyl halides is 3. The van der Waals surface area contributed by atoms with Gasteiger partial charge in [0.15, 0.2) is 0 Å². The van der Waals surface area contributed by atoms with Crippen molar-refractivity contribution >= 4 is 40.9 Å². The molecule has 0 aromatic heterocycles. The van der Waals surface area contributed by atoms with Gasteiger partial charge in [-0.2, -0.15) is 13.2 Å². The summed E-state index contributed by atoms with van der Waals surface area (Å²) < 4.78 is 37.9. The molecule has 2 aromatic rings. The van der Waals surface area contributed by atoms with Crippen molar-refractivity contribution < 1.29 is 18.0 Å². The maximum Gasteiger partial charge on any atom is 0.416 e. The first kappa shape index (κ1) is 19.4. The first-order chi connectivity index (χ1) is 12.3. The highest BCUT2D eigenvalue weighted by Gasteiger charge is 2.32. The number of hydrogen-bond acceptors (Lipinski definition) is 2. The second-order valence-electron chi connectivity index (χ2n) is 5.85. The van der Waals surface area contributed by atoms with Crippen molar-refractivity contribution in [3.05, 3.63) is 69.2 Å². The molecule has 1 atom stereocenters. The van der Waals surface area contributed by atoms with Crippen LogP contribution in [0.2, 0.25) is 10.0 Å². The second kappa shape index (κ2) is 7.71. The summed E-state index contributed by atoms with van der Waals surface area (Å²) in [6.45, 7) is 0.563. The Morgan fingerprint density at radius 2 is 1.85 bits per heavy atom. The molecule has 1 aliphatic rings. The van der Waals surface area contributed by atoms with Crippen LogP contribution >= 0.6 is 35.0 Å². The summed E-state index contributed by atoms with van der Waals surface area (Å²) in [5, 5.41) is 0.787. The molecule has 2 nitrogen and oxygen atoms in total. The highest BCUT2D eigenvalue weighted by atomic mass is 35.5. The van der Waals surface area contributed by atoms with Gasteiger partial charge in [-0.1, -0.05) is 41.4 Å². The summed E-state index contributed by atoms with van der Waals surface area (Å²) in [5.41, 5.74) is 0.622. The van der Waals surface area contributed by atoms with E-state index < -0.39 is 11.7 Å². The number of carbonyl (C=O) groups excluding carboxylic acids is 1. The number of amides is 1. The molecule has 0 aliphatic carbocycles. The Morgan fingerprint density at radius 1 is 1.15 bits per heavy atom. The van der Waals surface area contributed by atoms with E-state index in [-0.39, 0.29) is 17.7 Å². The molecular weight excluding hydrogens is 406 g/mol. The van der Waals surface area contributed by atoms with Gasteiger partial charge in [-0.25, -0.2) is 0 Å². The molecule has 26 heavy (non-hydrogen) atoms. The third-order valence-corrected chi connectivity index (χ3v) is 5.88. The van der Waals surface area contributed by atoms with Gasteiger partial charge in [-0.15, -0.1) is 11.8 Å². The van der Waals surface area contributed by atoms with E-state index in [1.807, 2.05) is 0 Å². The van der Waals surface area contributed by atoms with Crippen LogP contribution in [0, 0.1) is 0 Å². The average molecular weight is 420 g/mol. The first-order valence-corrected chi connectivity index (χ1v) is 9.58. The summed E-state index contributed by atoms with van der Waals surface area (Å²) >= 11 is 13.8. The minimum absolute atomic E-state index is 0.0421. The lowest BCUT2D eigenvalue weighted by Crippen LogP contribution is -2.31. The van der Waals surface area contributed by atoms with Crippen LogP contribution in [0.1, 0.15) is 22.1 Å². The predicted octanol–water partition coefficient (Wildman–Crippen LogP) is 5.83.